The Hall–Kier alpha value is -1.64. The summed E-state index contributed by atoms with van der Waals surface area (Å²) in [6.45, 7) is 2.23. The number of nitrogens with one attached hydrogen (secondary N) is 2. The molecule has 2 N–H and O–H groups in total. The zero-order valence-electron chi connectivity index (χ0n) is 11.3. The molecule has 1 unspecified atom stereocenters. The van der Waals surface area contributed by atoms with Crippen LogP contribution in [0, 0.1) is 5.92 Å². The van der Waals surface area contributed by atoms with E-state index < -0.39 is 0 Å². The molecule has 1 atom stereocenters. The number of benzene rings is 2. The van der Waals surface area contributed by atoms with E-state index in [9.17, 15) is 0 Å². The van der Waals surface area contributed by atoms with Gasteiger partial charge in [-0.25, -0.2) is 0 Å². The third-order valence-corrected chi connectivity index (χ3v) is 3.97. The lowest BCUT2D eigenvalue weighted by Crippen LogP contribution is -2.48. The maximum atomic E-state index is 3.44. The molecule has 0 spiro atoms. The van der Waals surface area contributed by atoms with Gasteiger partial charge in [-0.05, 0) is 23.7 Å². The molecule has 3 rings (SSSR count). The highest BCUT2D eigenvalue weighted by Gasteiger charge is 2.26. The average molecular weight is 252 g/mol. The predicted molar refractivity (Wildman–Crippen MR) is 80.0 cm³/mol. The van der Waals surface area contributed by atoms with Gasteiger partial charge in [-0.15, -0.1) is 0 Å². The highest BCUT2D eigenvalue weighted by Crippen LogP contribution is 2.27. The van der Waals surface area contributed by atoms with E-state index in [-0.39, 0.29) is 0 Å². The Labute approximate surface area is 114 Å². The van der Waals surface area contributed by atoms with Crippen LogP contribution in [0.1, 0.15) is 11.6 Å². The van der Waals surface area contributed by atoms with Crippen LogP contribution in [0.4, 0.5) is 0 Å². The predicted octanol–water partition coefficient (Wildman–Crippen LogP) is 2.83. The SMILES string of the molecule is CNC(c1ccc(-c2ccccc2)cc1)C1CNC1. The first kappa shape index (κ1) is 12.4. The molecule has 2 aromatic carbocycles. The molecule has 0 aromatic heterocycles. The molecule has 0 bridgehead atoms. The maximum Gasteiger partial charge on any atom is 0.0370 e. The summed E-state index contributed by atoms with van der Waals surface area (Å²) in [6, 6.07) is 19.9. The van der Waals surface area contributed by atoms with Gasteiger partial charge >= 0.3 is 0 Å². The lowest BCUT2D eigenvalue weighted by Gasteiger charge is -2.35. The summed E-state index contributed by atoms with van der Waals surface area (Å²) in [6.07, 6.45) is 0. The number of hydrogen-bond donors (Lipinski definition) is 2. The van der Waals surface area contributed by atoms with Gasteiger partial charge in [0.1, 0.15) is 0 Å². The normalized spacial score (nSPS) is 16.9. The van der Waals surface area contributed by atoms with Crippen molar-refractivity contribution >= 4 is 0 Å². The molecule has 1 fully saturated rings. The fourth-order valence-electron chi connectivity index (χ4n) is 2.73. The summed E-state index contributed by atoms with van der Waals surface area (Å²) in [4.78, 5) is 0. The Kier molecular flexibility index (Phi) is 3.62. The molecule has 2 nitrogen and oxygen atoms in total. The van der Waals surface area contributed by atoms with E-state index in [0.29, 0.717) is 12.0 Å². The first-order chi connectivity index (χ1) is 9.38. The second kappa shape index (κ2) is 5.55. The van der Waals surface area contributed by atoms with Gasteiger partial charge in [-0.3, -0.25) is 0 Å². The molecule has 1 saturated heterocycles. The molecule has 2 heteroatoms. The van der Waals surface area contributed by atoms with E-state index in [1.54, 1.807) is 0 Å². The maximum absolute atomic E-state index is 3.44. The Morgan fingerprint density at radius 2 is 1.58 bits per heavy atom. The smallest absolute Gasteiger partial charge is 0.0370 e. The molecule has 98 valence electrons. The van der Waals surface area contributed by atoms with Crippen LogP contribution in [0.25, 0.3) is 11.1 Å². The van der Waals surface area contributed by atoms with E-state index in [4.69, 9.17) is 0 Å². The van der Waals surface area contributed by atoms with Crippen molar-refractivity contribution in [2.75, 3.05) is 20.1 Å². The van der Waals surface area contributed by atoms with Crippen LogP contribution in [0.2, 0.25) is 0 Å². The summed E-state index contributed by atoms with van der Waals surface area (Å²) in [5.74, 6) is 0.715. The highest BCUT2D eigenvalue weighted by atomic mass is 15.0. The third-order valence-electron chi connectivity index (χ3n) is 3.97. The molecule has 0 radical (unpaired) electrons. The van der Waals surface area contributed by atoms with Gasteiger partial charge in [0.15, 0.2) is 0 Å². The fraction of sp³-hybridized carbons (Fsp3) is 0.294. The molecular formula is C17H20N2. The quantitative estimate of drug-likeness (QED) is 0.874. The van der Waals surface area contributed by atoms with Crippen LogP contribution in [0.3, 0.4) is 0 Å². The number of hydrogen-bond acceptors (Lipinski definition) is 2. The van der Waals surface area contributed by atoms with E-state index in [1.807, 2.05) is 7.05 Å². The molecule has 2 aromatic rings. The van der Waals surface area contributed by atoms with Crippen LogP contribution in [0.5, 0.6) is 0 Å². The summed E-state index contributed by atoms with van der Waals surface area (Å²) in [7, 11) is 2.05. The third kappa shape index (κ3) is 2.55. The number of rotatable bonds is 4. The summed E-state index contributed by atoms with van der Waals surface area (Å²) < 4.78 is 0. The minimum Gasteiger partial charge on any atom is -0.316 e. The van der Waals surface area contributed by atoms with Gasteiger partial charge in [0.25, 0.3) is 0 Å². The summed E-state index contributed by atoms with van der Waals surface area (Å²) in [5, 5.41) is 6.78. The molecule has 1 aliphatic heterocycles. The fourth-order valence-corrected chi connectivity index (χ4v) is 2.73. The Morgan fingerprint density at radius 3 is 2.11 bits per heavy atom. The Bertz CT molecular complexity index is 515. The van der Waals surface area contributed by atoms with Crippen molar-refractivity contribution in [3.63, 3.8) is 0 Å². The zero-order chi connectivity index (χ0) is 13.1. The first-order valence-electron chi connectivity index (χ1n) is 6.92. The van der Waals surface area contributed by atoms with Crippen molar-refractivity contribution < 1.29 is 0 Å². The molecule has 19 heavy (non-hydrogen) atoms. The minimum atomic E-state index is 0.464. The van der Waals surface area contributed by atoms with Crippen LogP contribution in [-0.4, -0.2) is 20.1 Å². The Morgan fingerprint density at radius 1 is 0.947 bits per heavy atom. The lowest BCUT2D eigenvalue weighted by molar-refractivity contribution is 0.268. The zero-order valence-corrected chi connectivity index (χ0v) is 11.3. The first-order valence-corrected chi connectivity index (χ1v) is 6.92. The van der Waals surface area contributed by atoms with E-state index in [2.05, 4.69) is 65.2 Å². The summed E-state index contributed by atoms with van der Waals surface area (Å²) in [5.41, 5.74) is 3.94. The molecule has 0 amide bonds. The second-order valence-electron chi connectivity index (χ2n) is 5.17. The van der Waals surface area contributed by atoms with Crippen molar-refractivity contribution in [1.29, 1.82) is 0 Å². The van der Waals surface area contributed by atoms with Crippen molar-refractivity contribution in [1.82, 2.24) is 10.6 Å². The van der Waals surface area contributed by atoms with Crippen molar-refractivity contribution in [3.8, 4) is 11.1 Å². The molecule has 1 aliphatic rings. The van der Waals surface area contributed by atoms with Crippen LogP contribution in [-0.2, 0) is 0 Å². The average Bonchev–Trinajstić information content (AvgIpc) is 2.44. The minimum absolute atomic E-state index is 0.464. The van der Waals surface area contributed by atoms with Crippen LogP contribution >= 0.6 is 0 Å². The van der Waals surface area contributed by atoms with E-state index in [0.717, 1.165) is 13.1 Å². The van der Waals surface area contributed by atoms with Gasteiger partial charge < -0.3 is 10.6 Å². The largest absolute Gasteiger partial charge is 0.316 e. The monoisotopic (exact) mass is 252 g/mol. The van der Waals surface area contributed by atoms with Gasteiger partial charge in [0, 0.05) is 25.0 Å². The molecule has 0 saturated carbocycles. The molecule has 0 aliphatic carbocycles. The molecular weight excluding hydrogens is 232 g/mol. The topological polar surface area (TPSA) is 24.1 Å². The lowest BCUT2D eigenvalue weighted by atomic mass is 9.88. The van der Waals surface area contributed by atoms with Crippen molar-refractivity contribution in [2.24, 2.45) is 5.92 Å². The van der Waals surface area contributed by atoms with Gasteiger partial charge in [0.05, 0.1) is 0 Å². The van der Waals surface area contributed by atoms with Crippen LogP contribution < -0.4 is 10.6 Å². The standard InChI is InChI=1S/C17H20N2/c1-18-17(16-11-19-12-16)15-9-7-14(8-10-15)13-5-3-2-4-6-13/h2-10,16-19H,11-12H2,1H3. The molecule has 1 heterocycles. The Balaban J connectivity index is 1.82. The van der Waals surface area contributed by atoms with E-state index in [1.165, 1.54) is 16.7 Å². The van der Waals surface area contributed by atoms with Crippen molar-refractivity contribution in [3.05, 3.63) is 60.2 Å². The van der Waals surface area contributed by atoms with Gasteiger partial charge in [-0.1, -0.05) is 54.6 Å². The van der Waals surface area contributed by atoms with Gasteiger partial charge in [0.2, 0.25) is 0 Å². The highest BCUT2D eigenvalue weighted by molar-refractivity contribution is 5.63. The summed E-state index contributed by atoms with van der Waals surface area (Å²) >= 11 is 0. The van der Waals surface area contributed by atoms with Crippen LogP contribution in [0.15, 0.2) is 54.6 Å². The second-order valence-corrected chi connectivity index (χ2v) is 5.17. The van der Waals surface area contributed by atoms with E-state index >= 15 is 0 Å². The van der Waals surface area contributed by atoms with Gasteiger partial charge in [-0.2, -0.15) is 0 Å². The van der Waals surface area contributed by atoms with Crippen molar-refractivity contribution in [2.45, 2.75) is 6.04 Å².